The zero-order chi connectivity index (χ0) is 62.0. The number of methoxy groups -OCH3 is 1. The minimum Gasteiger partial charge on any atom is -0.461 e. The van der Waals surface area contributed by atoms with Crippen molar-refractivity contribution < 1.29 is 142 Å². The van der Waals surface area contributed by atoms with E-state index in [1.807, 2.05) is 6.92 Å². The lowest BCUT2D eigenvalue weighted by molar-refractivity contribution is -0.402. The molecule has 30 unspecified atom stereocenters. The van der Waals surface area contributed by atoms with Crippen molar-refractivity contribution in [3.63, 3.8) is 0 Å². The molecule has 0 amide bonds. The maximum atomic E-state index is 13.8. The lowest BCUT2D eigenvalue weighted by Gasteiger charge is -2.64. The van der Waals surface area contributed by atoms with E-state index in [1.165, 1.54) is 19.6 Å². The molecule has 4 aliphatic carbocycles. The molecule has 0 aromatic carbocycles. The summed E-state index contributed by atoms with van der Waals surface area (Å²) in [6, 6.07) is 0. The smallest absolute Gasteiger partial charge is 0.397 e. The summed E-state index contributed by atoms with van der Waals surface area (Å²) in [5.41, 5.74) is 0.0988. The van der Waals surface area contributed by atoms with Crippen molar-refractivity contribution in [3.8, 4) is 0 Å². The number of allylic oxidation sites excluding steroid dienone is 2. The number of ether oxygens (including phenoxy) is 12. The normalized spacial score (nSPS) is 50.8. The van der Waals surface area contributed by atoms with Crippen LogP contribution in [-0.4, -0.2) is 259 Å². The number of hydrogen-bond donors (Lipinski definition) is 11. The number of carbonyl (C=O) groups is 1. The molecule has 486 valence electrons. The molecule has 1 spiro atoms. The number of rotatable bonds is 17. The van der Waals surface area contributed by atoms with Crippen molar-refractivity contribution >= 4 is 26.8 Å². The van der Waals surface area contributed by atoms with E-state index in [2.05, 4.69) is 44.5 Å². The Kier molecular flexibility index (Phi) is 18.7. The van der Waals surface area contributed by atoms with Gasteiger partial charge in [-0.3, -0.25) is 13.9 Å². The molecule has 6 aliphatic heterocycles. The van der Waals surface area contributed by atoms with Gasteiger partial charge in [0, 0.05) is 18.4 Å². The van der Waals surface area contributed by atoms with Crippen LogP contribution in [0.15, 0.2) is 23.8 Å². The van der Waals surface area contributed by atoms with Crippen LogP contribution in [0.25, 0.3) is 0 Å². The lowest BCUT2D eigenvalue weighted by Crippen LogP contribution is -2.67. The first kappa shape index (κ1) is 65.8. The minimum atomic E-state index is -5.27. The van der Waals surface area contributed by atoms with Crippen molar-refractivity contribution in [2.45, 2.75) is 227 Å². The zero-order valence-electron chi connectivity index (χ0n) is 47.9. The van der Waals surface area contributed by atoms with E-state index in [0.29, 0.717) is 32.1 Å². The molecule has 0 aromatic heterocycles. The SMILES string of the molecule is C=C(C)C1C2CC3(C)C4=CCC5C(C)(C)C(OC6OCC(OS(=O)(=O)O)C(O)C6OC6OC(C)C(OC7OC(COS(=O)(=O)O)C(O)C(OC8OCC(O)C(OC)C8O)C7O)C(O)C6OC6OCC(O)C(O)C6O)CCC5(C)C4CCC13C(=O)O2. The molecule has 10 aliphatic rings. The third-order valence-electron chi connectivity index (χ3n) is 20.4. The average molecular weight is 1260 g/mol. The van der Waals surface area contributed by atoms with Gasteiger partial charge in [-0.15, -0.1) is 0 Å². The summed E-state index contributed by atoms with van der Waals surface area (Å²) in [5, 5.41) is 101. The summed E-state index contributed by atoms with van der Waals surface area (Å²) >= 11 is 0. The summed E-state index contributed by atoms with van der Waals surface area (Å²) in [4.78, 5) is 13.8. The van der Waals surface area contributed by atoms with Crippen LogP contribution in [-0.2, 0) is 90.8 Å². The first-order chi connectivity index (χ1) is 39.7. The highest BCUT2D eigenvalue weighted by Gasteiger charge is 2.76. The van der Waals surface area contributed by atoms with Crippen LogP contribution < -0.4 is 0 Å². The highest BCUT2D eigenvalue weighted by atomic mass is 32.3. The lowest BCUT2D eigenvalue weighted by atomic mass is 9.40. The summed E-state index contributed by atoms with van der Waals surface area (Å²) in [6.07, 6.45) is -35.1. The molecule has 32 heteroatoms. The van der Waals surface area contributed by atoms with Crippen LogP contribution in [0.5, 0.6) is 0 Å². The zero-order valence-corrected chi connectivity index (χ0v) is 49.6. The van der Waals surface area contributed by atoms with Gasteiger partial charge in [-0.05, 0) is 75.0 Å². The van der Waals surface area contributed by atoms with Crippen LogP contribution in [0.2, 0.25) is 0 Å². The number of aliphatic hydroxyl groups is 9. The molecule has 30 nitrogen and oxygen atoms in total. The molecule has 0 aromatic rings. The minimum absolute atomic E-state index is 0.0224. The molecular formula is C53H82O30S2. The quantitative estimate of drug-likeness (QED) is 0.0405. The van der Waals surface area contributed by atoms with Gasteiger partial charge in [0.2, 0.25) is 0 Å². The number of esters is 1. The molecule has 30 atom stereocenters. The molecule has 6 saturated heterocycles. The number of carbonyl (C=O) groups excluding carboxylic acids is 1. The van der Waals surface area contributed by atoms with Gasteiger partial charge in [0.1, 0.15) is 104 Å². The first-order valence-electron chi connectivity index (χ1n) is 28.6. The number of hydrogen-bond acceptors (Lipinski definition) is 28. The Balaban J connectivity index is 0.923. The third-order valence-corrected chi connectivity index (χ3v) is 21.3. The largest absolute Gasteiger partial charge is 0.461 e. The number of aliphatic hydroxyl groups excluding tert-OH is 9. The Morgan fingerprint density at radius 2 is 1.28 bits per heavy atom. The topological polar surface area (TPSA) is 437 Å². The van der Waals surface area contributed by atoms with Crippen LogP contribution in [0, 0.1) is 39.4 Å². The summed E-state index contributed by atoms with van der Waals surface area (Å²) in [6.45, 7) is 13.3. The van der Waals surface area contributed by atoms with Gasteiger partial charge < -0.3 is 103 Å². The molecule has 10 rings (SSSR count). The summed E-state index contributed by atoms with van der Waals surface area (Å²) in [7, 11) is -9.30. The maximum Gasteiger partial charge on any atom is 0.397 e. The fraction of sp³-hybridized carbons (Fsp3) is 0.906. The highest BCUT2D eigenvalue weighted by Crippen LogP contribution is 2.76. The molecule has 85 heavy (non-hydrogen) atoms. The van der Waals surface area contributed by atoms with E-state index in [9.17, 15) is 76.7 Å². The average Bonchev–Trinajstić information content (AvgIpc) is 1.56. The van der Waals surface area contributed by atoms with E-state index in [0.717, 1.165) is 12.0 Å². The molecule has 2 bridgehead atoms. The van der Waals surface area contributed by atoms with Crippen molar-refractivity contribution in [3.05, 3.63) is 23.8 Å². The van der Waals surface area contributed by atoms with Gasteiger partial charge in [-0.25, -0.2) is 8.37 Å². The Morgan fingerprint density at radius 3 is 1.94 bits per heavy atom. The molecule has 3 saturated carbocycles. The Morgan fingerprint density at radius 1 is 0.671 bits per heavy atom. The second-order valence-electron chi connectivity index (χ2n) is 25.6. The van der Waals surface area contributed by atoms with Crippen molar-refractivity contribution in [2.75, 3.05) is 33.5 Å². The van der Waals surface area contributed by atoms with Gasteiger partial charge in [0.25, 0.3) is 0 Å². The predicted molar refractivity (Wildman–Crippen MR) is 279 cm³/mol. The Labute approximate surface area is 491 Å². The fourth-order valence-corrected chi connectivity index (χ4v) is 17.0. The Bertz CT molecular complexity index is 2700. The van der Waals surface area contributed by atoms with E-state index in [-0.39, 0.29) is 35.2 Å². The van der Waals surface area contributed by atoms with E-state index < -0.39 is 205 Å². The van der Waals surface area contributed by atoms with Gasteiger partial charge in [-0.2, -0.15) is 16.8 Å². The molecule has 9 fully saturated rings. The van der Waals surface area contributed by atoms with Gasteiger partial charge in [0.05, 0.1) is 44.1 Å². The van der Waals surface area contributed by atoms with E-state index in [1.54, 1.807) is 0 Å². The highest BCUT2D eigenvalue weighted by molar-refractivity contribution is 7.81. The van der Waals surface area contributed by atoms with Crippen LogP contribution in [0.3, 0.4) is 0 Å². The predicted octanol–water partition coefficient (Wildman–Crippen LogP) is -2.58. The summed E-state index contributed by atoms with van der Waals surface area (Å²) in [5.74, 6) is -0.165. The van der Waals surface area contributed by atoms with Crippen LogP contribution >= 0.6 is 0 Å². The fourth-order valence-electron chi connectivity index (χ4n) is 16.2. The number of fused-ring (bicyclic) bond motifs is 5. The van der Waals surface area contributed by atoms with Crippen molar-refractivity contribution in [1.82, 2.24) is 0 Å². The van der Waals surface area contributed by atoms with Gasteiger partial charge in [-0.1, -0.05) is 51.5 Å². The van der Waals surface area contributed by atoms with Crippen LogP contribution in [0.1, 0.15) is 80.1 Å². The Hall–Kier alpha value is -2.11. The third kappa shape index (κ3) is 11.8. The second-order valence-corrected chi connectivity index (χ2v) is 27.7. The van der Waals surface area contributed by atoms with Crippen molar-refractivity contribution in [2.24, 2.45) is 39.4 Å². The molecule has 11 N–H and O–H groups in total. The van der Waals surface area contributed by atoms with E-state index >= 15 is 0 Å². The van der Waals surface area contributed by atoms with Gasteiger partial charge >= 0.3 is 26.8 Å². The molecular weight excluding hydrogens is 1180 g/mol. The molecule has 6 heterocycles. The summed E-state index contributed by atoms with van der Waals surface area (Å²) < 4.78 is 148. The monoisotopic (exact) mass is 1260 g/mol. The van der Waals surface area contributed by atoms with Crippen molar-refractivity contribution in [1.29, 1.82) is 0 Å². The first-order valence-corrected chi connectivity index (χ1v) is 31.3. The van der Waals surface area contributed by atoms with Crippen LogP contribution in [0.4, 0.5) is 0 Å². The standard InChI is InChI=1S/C53H82O30S2/c1-20(2)31-26-15-52(7)23-9-10-29-50(4,5)30(12-13-51(29,6)22(23)11-14-53(31,52)49(63)77-26)78-47-42(34(58)28(18-73-47)83-85(67,68)69)82-48-43(81-44-35(59)32(56)24(54)16-71-44)36(60)39(21(3)75-48)79-46-38(62)41(33(57)27(76-46)19-74-84(64,65)66)80-45-37(61)40(70-8)25(55)17-72-45/h9,21-22,24-48,54-62H,1,10-19H2,2-8H3,(H,64,65,66)(H,67,68,69). The van der Waals surface area contributed by atoms with E-state index in [4.69, 9.17) is 61.0 Å². The second kappa shape index (κ2) is 24.2. The van der Waals surface area contributed by atoms with Gasteiger partial charge in [0.15, 0.2) is 31.5 Å². The molecule has 0 radical (unpaired) electrons. The maximum absolute atomic E-state index is 13.8.